The van der Waals surface area contributed by atoms with E-state index in [4.69, 9.17) is 8.83 Å². The maximum absolute atomic E-state index is 12.6. The van der Waals surface area contributed by atoms with E-state index in [9.17, 15) is 14.4 Å². The number of imide groups is 1. The maximum Gasteiger partial charge on any atom is 0.374 e. The number of nitrogens with one attached hydrogen (secondary N) is 1. The Morgan fingerprint density at radius 2 is 2.09 bits per heavy atom. The third-order valence-electron chi connectivity index (χ3n) is 3.73. The molecule has 1 aliphatic rings. The number of methoxy groups -OCH3 is 1. The quantitative estimate of drug-likeness (QED) is 0.679. The number of nitrogens with zero attached hydrogens (tertiary/aromatic N) is 1. The van der Waals surface area contributed by atoms with Crippen LogP contribution in [0.25, 0.3) is 0 Å². The van der Waals surface area contributed by atoms with Gasteiger partial charge in [-0.2, -0.15) is 0 Å². The lowest BCUT2D eigenvalue weighted by Gasteiger charge is -2.18. The molecule has 120 valence electrons. The van der Waals surface area contributed by atoms with Gasteiger partial charge in [-0.3, -0.25) is 9.69 Å². The van der Waals surface area contributed by atoms with Crippen molar-refractivity contribution in [2.24, 2.45) is 0 Å². The zero-order valence-electron chi connectivity index (χ0n) is 12.5. The normalized spacial score (nSPS) is 20.7. The van der Waals surface area contributed by atoms with Gasteiger partial charge < -0.3 is 18.9 Å². The summed E-state index contributed by atoms with van der Waals surface area (Å²) in [7, 11) is 1.22. The van der Waals surface area contributed by atoms with Crippen molar-refractivity contribution in [3.63, 3.8) is 0 Å². The summed E-state index contributed by atoms with van der Waals surface area (Å²) in [4.78, 5) is 37.4. The summed E-state index contributed by atoms with van der Waals surface area (Å²) in [5.74, 6) is -0.862. The van der Waals surface area contributed by atoms with E-state index in [2.05, 4.69) is 10.1 Å². The molecule has 8 nitrogen and oxygen atoms in total. The number of amides is 3. The molecule has 3 heterocycles. The van der Waals surface area contributed by atoms with Crippen LogP contribution in [0.1, 0.15) is 28.8 Å². The number of hydrogen-bond acceptors (Lipinski definition) is 6. The van der Waals surface area contributed by atoms with E-state index in [1.807, 2.05) is 0 Å². The smallest absolute Gasteiger partial charge is 0.374 e. The maximum atomic E-state index is 12.6. The average Bonchev–Trinajstić information content (AvgIpc) is 3.25. The standard InChI is InChI=1S/C15H14N2O6/c1-15(10-4-3-6-22-10)13(19)17(14(20)16-15)8-9-5-7-23-11(9)12(18)21-2/h3-7H,8H2,1-2H3,(H,16,20). The van der Waals surface area contributed by atoms with Crippen LogP contribution in [0.5, 0.6) is 0 Å². The minimum atomic E-state index is -1.28. The summed E-state index contributed by atoms with van der Waals surface area (Å²) in [6.45, 7) is 1.45. The van der Waals surface area contributed by atoms with Crippen LogP contribution in [0.2, 0.25) is 0 Å². The van der Waals surface area contributed by atoms with Crippen LogP contribution >= 0.6 is 0 Å². The van der Waals surface area contributed by atoms with Crippen LogP contribution < -0.4 is 5.32 Å². The Kier molecular flexibility index (Phi) is 3.44. The van der Waals surface area contributed by atoms with E-state index >= 15 is 0 Å². The summed E-state index contributed by atoms with van der Waals surface area (Å²) in [5.41, 5.74) is -0.903. The van der Waals surface area contributed by atoms with Gasteiger partial charge in [-0.25, -0.2) is 9.59 Å². The first-order valence-electron chi connectivity index (χ1n) is 6.80. The topological polar surface area (TPSA) is 102 Å². The number of rotatable bonds is 4. The highest BCUT2D eigenvalue weighted by molar-refractivity contribution is 6.07. The van der Waals surface area contributed by atoms with E-state index in [1.165, 1.54) is 25.7 Å². The molecular formula is C15H14N2O6. The lowest BCUT2D eigenvalue weighted by molar-refractivity contribution is -0.132. The SMILES string of the molecule is COC(=O)c1occc1CN1C(=O)NC(C)(c2ccco2)C1=O. The summed E-state index contributed by atoms with van der Waals surface area (Å²) >= 11 is 0. The second-order valence-corrected chi connectivity index (χ2v) is 5.19. The summed E-state index contributed by atoms with van der Waals surface area (Å²) < 4.78 is 14.9. The lowest BCUT2D eigenvalue weighted by atomic mass is 9.99. The van der Waals surface area contributed by atoms with E-state index in [0.29, 0.717) is 11.3 Å². The van der Waals surface area contributed by atoms with Gasteiger partial charge in [0.15, 0.2) is 5.54 Å². The van der Waals surface area contributed by atoms with Crippen LogP contribution in [0.4, 0.5) is 4.79 Å². The van der Waals surface area contributed by atoms with Crippen molar-refractivity contribution in [2.75, 3.05) is 7.11 Å². The Morgan fingerprint density at radius 3 is 2.74 bits per heavy atom. The van der Waals surface area contributed by atoms with Crippen LogP contribution in [0.15, 0.2) is 39.6 Å². The van der Waals surface area contributed by atoms with Crippen molar-refractivity contribution in [3.05, 3.63) is 47.8 Å². The molecule has 2 aromatic rings. The highest BCUT2D eigenvalue weighted by Gasteiger charge is 2.51. The highest BCUT2D eigenvalue weighted by Crippen LogP contribution is 2.30. The zero-order valence-corrected chi connectivity index (χ0v) is 12.5. The van der Waals surface area contributed by atoms with Crippen LogP contribution in [-0.2, 0) is 21.6 Å². The van der Waals surface area contributed by atoms with Crippen molar-refractivity contribution in [3.8, 4) is 0 Å². The number of carbonyl (C=O) groups is 3. The van der Waals surface area contributed by atoms with Crippen molar-refractivity contribution < 1.29 is 28.0 Å². The number of carbonyl (C=O) groups excluding carboxylic acids is 3. The number of urea groups is 1. The fraction of sp³-hybridized carbons (Fsp3) is 0.267. The predicted octanol–water partition coefficient (Wildman–Crippen LogP) is 1.63. The Labute approximate surface area is 131 Å². The molecule has 0 saturated carbocycles. The minimum absolute atomic E-state index is 0.0419. The largest absolute Gasteiger partial charge is 0.466 e. The van der Waals surface area contributed by atoms with Gasteiger partial charge in [0.1, 0.15) is 5.76 Å². The molecule has 1 N–H and O–H groups in total. The summed E-state index contributed by atoms with van der Waals surface area (Å²) in [5, 5.41) is 2.60. The van der Waals surface area contributed by atoms with Gasteiger partial charge in [0.2, 0.25) is 5.76 Å². The summed E-state index contributed by atoms with van der Waals surface area (Å²) in [6, 6.07) is 4.18. The van der Waals surface area contributed by atoms with Gasteiger partial charge in [0, 0.05) is 5.56 Å². The molecule has 1 fully saturated rings. The first-order chi connectivity index (χ1) is 11.0. The molecule has 0 spiro atoms. The molecule has 1 unspecified atom stereocenters. The minimum Gasteiger partial charge on any atom is -0.466 e. The molecule has 8 heteroatoms. The monoisotopic (exact) mass is 318 g/mol. The second kappa shape index (κ2) is 5.31. The van der Waals surface area contributed by atoms with E-state index < -0.39 is 23.4 Å². The van der Waals surface area contributed by atoms with Crippen LogP contribution in [0.3, 0.4) is 0 Å². The highest BCUT2D eigenvalue weighted by atomic mass is 16.5. The first kappa shape index (κ1) is 14.9. The molecule has 23 heavy (non-hydrogen) atoms. The third-order valence-corrected chi connectivity index (χ3v) is 3.73. The Balaban J connectivity index is 1.88. The van der Waals surface area contributed by atoms with Gasteiger partial charge >= 0.3 is 12.0 Å². The predicted molar refractivity (Wildman–Crippen MR) is 75.2 cm³/mol. The molecule has 3 rings (SSSR count). The van der Waals surface area contributed by atoms with Gasteiger partial charge in [-0.15, -0.1) is 0 Å². The number of esters is 1. The molecule has 2 aromatic heterocycles. The lowest BCUT2D eigenvalue weighted by Crippen LogP contribution is -2.40. The van der Waals surface area contributed by atoms with E-state index in [1.54, 1.807) is 19.1 Å². The van der Waals surface area contributed by atoms with Crippen molar-refractivity contribution >= 4 is 17.9 Å². The fourth-order valence-electron chi connectivity index (χ4n) is 2.47. The molecule has 1 saturated heterocycles. The van der Waals surface area contributed by atoms with E-state index in [0.717, 1.165) is 4.90 Å². The Hall–Kier alpha value is -3.03. The molecule has 1 aliphatic heterocycles. The number of hydrogen-bond donors (Lipinski definition) is 1. The van der Waals surface area contributed by atoms with Crippen molar-refractivity contribution in [1.29, 1.82) is 0 Å². The van der Waals surface area contributed by atoms with E-state index in [-0.39, 0.29) is 12.3 Å². The Morgan fingerprint density at radius 1 is 1.30 bits per heavy atom. The Bertz CT molecular complexity index is 763. The number of furan rings is 2. The van der Waals surface area contributed by atoms with Gasteiger partial charge in [0.05, 0.1) is 26.2 Å². The molecule has 0 bridgehead atoms. The second-order valence-electron chi connectivity index (χ2n) is 5.19. The average molecular weight is 318 g/mol. The molecule has 3 amide bonds. The third kappa shape index (κ3) is 2.28. The molecular weight excluding hydrogens is 304 g/mol. The van der Waals surface area contributed by atoms with Crippen molar-refractivity contribution in [2.45, 2.75) is 19.0 Å². The molecule has 0 aliphatic carbocycles. The summed E-state index contributed by atoms with van der Waals surface area (Å²) in [6.07, 6.45) is 2.72. The van der Waals surface area contributed by atoms with Gasteiger partial charge in [0.25, 0.3) is 5.91 Å². The van der Waals surface area contributed by atoms with Crippen LogP contribution in [0, 0.1) is 0 Å². The first-order valence-corrected chi connectivity index (χ1v) is 6.80. The van der Waals surface area contributed by atoms with Crippen molar-refractivity contribution in [1.82, 2.24) is 10.2 Å². The zero-order chi connectivity index (χ0) is 16.6. The molecule has 0 radical (unpaired) electrons. The number of ether oxygens (including phenoxy) is 1. The molecule has 0 aromatic carbocycles. The van der Waals surface area contributed by atoms with Crippen LogP contribution in [-0.4, -0.2) is 29.9 Å². The molecule has 1 atom stereocenters. The van der Waals surface area contributed by atoms with Gasteiger partial charge in [-0.1, -0.05) is 0 Å². The fourth-order valence-corrected chi connectivity index (χ4v) is 2.47. The van der Waals surface area contributed by atoms with Gasteiger partial charge in [-0.05, 0) is 25.1 Å².